The first-order valence-electron chi connectivity index (χ1n) is 5.71. The van der Waals surface area contributed by atoms with Crippen LogP contribution in [0.15, 0.2) is 48.8 Å². The van der Waals surface area contributed by atoms with Gasteiger partial charge in [-0.2, -0.15) is 0 Å². The van der Waals surface area contributed by atoms with Crippen LogP contribution in [0.1, 0.15) is 16.7 Å². The van der Waals surface area contributed by atoms with Gasteiger partial charge in [0.15, 0.2) is 0 Å². The van der Waals surface area contributed by atoms with Gasteiger partial charge in [-0.25, -0.2) is 0 Å². The van der Waals surface area contributed by atoms with Crippen molar-refractivity contribution in [2.45, 2.75) is 19.8 Å². The number of carbonyl (C=O) groups is 1. The third-order valence-corrected chi connectivity index (χ3v) is 2.80. The maximum Gasteiger partial charge on any atom is 0.141 e. The molecule has 2 heteroatoms. The monoisotopic (exact) mass is 225 g/mol. The Kier molecular flexibility index (Phi) is 3.66. The summed E-state index contributed by atoms with van der Waals surface area (Å²) in [7, 11) is 0. The van der Waals surface area contributed by atoms with Crippen molar-refractivity contribution in [1.29, 1.82) is 0 Å². The second kappa shape index (κ2) is 5.39. The Hall–Kier alpha value is -1.96. The summed E-state index contributed by atoms with van der Waals surface area (Å²) in [6, 6.07) is 11.8. The molecule has 0 aliphatic heterocycles. The fraction of sp³-hybridized carbons (Fsp3) is 0.200. The molecule has 2 nitrogen and oxygen atoms in total. The van der Waals surface area contributed by atoms with Crippen molar-refractivity contribution in [3.8, 4) is 0 Å². The number of rotatable bonds is 4. The topological polar surface area (TPSA) is 30.0 Å². The van der Waals surface area contributed by atoms with E-state index in [1.54, 1.807) is 12.4 Å². The van der Waals surface area contributed by atoms with Crippen LogP contribution < -0.4 is 0 Å². The van der Waals surface area contributed by atoms with Gasteiger partial charge in [-0.1, -0.05) is 24.3 Å². The molecule has 0 atom stereocenters. The minimum atomic E-state index is 0.241. The summed E-state index contributed by atoms with van der Waals surface area (Å²) in [5.41, 5.74) is 3.32. The van der Waals surface area contributed by atoms with E-state index >= 15 is 0 Å². The molecule has 0 N–H and O–H groups in total. The lowest BCUT2D eigenvalue weighted by molar-refractivity contribution is -0.117. The molecule has 0 amide bonds. The van der Waals surface area contributed by atoms with Gasteiger partial charge in [-0.3, -0.25) is 9.78 Å². The summed E-state index contributed by atoms with van der Waals surface area (Å²) >= 11 is 0. The van der Waals surface area contributed by atoms with Crippen LogP contribution in [0.4, 0.5) is 0 Å². The third kappa shape index (κ3) is 3.25. The van der Waals surface area contributed by atoms with Gasteiger partial charge >= 0.3 is 0 Å². The Morgan fingerprint density at radius 2 is 1.76 bits per heavy atom. The molecule has 0 unspecified atom stereocenters. The summed E-state index contributed by atoms with van der Waals surface area (Å²) in [6.07, 6.45) is 4.43. The number of aromatic nitrogens is 1. The normalized spacial score (nSPS) is 10.2. The number of carbonyl (C=O) groups excluding carboxylic acids is 1. The van der Waals surface area contributed by atoms with Crippen molar-refractivity contribution >= 4 is 5.78 Å². The summed E-state index contributed by atoms with van der Waals surface area (Å²) in [4.78, 5) is 15.9. The van der Waals surface area contributed by atoms with Crippen LogP contribution in [0.5, 0.6) is 0 Å². The van der Waals surface area contributed by atoms with E-state index in [2.05, 4.69) is 4.98 Å². The standard InChI is InChI=1S/C15H15NO/c1-12-4-2-3-5-14(12)11-15(17)10-13-6-8-16-9-7-13/h2-9H,10-11H2,1H3. The van der Waals surface area contributed by atoms with Crippen LogP contribution in [0.25, 0.3) is 0 Å². The van der Waals surface area contributed by atoms with Gasteiger partial charge < -0.3 is 0 Å². The van der Waals surface area contributed by atoms with E-state index in [0.29, 0.717) is 12.8 Å². The van der Waals surface area contributed by atoms with Crippen LogP contribution in [0.3, 0.4) is 0 Å². The molecule has 1 heterocycles. The average molecular weight is 225 g/mol. The van der Waals surface area contributed by atoms with E-state index in [9.17, 15) is 4.79 Å². The lowest BCUT2D eigenvalue weighted by atomic mass is 10.0. The Bertz CT molecular complexity index is 505. The van der Waals surface area contributed by atoms with Crippen LogP contribution >= 0.6 is 0 Å². The van der Waals surface area contributed by atoms with Crippen molar-refractivity contribution in [3.05, 3.63) is 65.5 Å². The third-order valence-electron chi connectivity index (χ3n) is 2.80. The Labute approximate surface area is 101 Å². The molecule has 0 radical (unpaired) electrons. The van der Waals surface area contributed by atoms with E-state index < -0.39 is 0 Å². The lowest BCUT2D eigenvalue weighted by Gasteiger charge is -2.04. The minimum absolute atomic E-state index is 0.241. The number of Topliss-reactive ketones (excluding diaryl/α,β-unsaturated/α-hetero) is 1. The number of benzene rings is 1. The van der Waals surface area contributed by atoms with Gasteiger partial charge in [0.2, 0.25) is 0 Å². The molecule has 0 aliphatic rings. The molecule has 2 rings (SSSR count). The molecule has 0 spiro atoms. The van der Waals surface area contributed by atoms with Crippen molar-refractivity contribution in [2.75, 3.05) is 0 Å². The van der Waals surface area contributed by atoms with E-state index in [4.69, 9.17) is 0 Å². The maximum absolute atomic E-state index is 11.9. The van der Waals surface area contributed by atoms with Gasteiger partial charge in [0.25, 0.3) is 0 Å². The fourth-order valence-corrected chi connectivity index (χ4v) is 1.81. The fourth-order valence-electron chi connectivity index (χ4n) is 1.81. The van der Waals surface area contributed by atoms with Gasteiger partial charge in [0.1, 0.15) is 5.78 Å². The zero-order valence-electron chi connectivity index (χ0n) is 9.89. The summed E-state index contributed by atoms with van der Waals surface area (Å²) < 4.78 is 0. The van der Waals surface area contributed by atoms with Gasteiger partial charge in [-0.15, -0.1) is 0 Å². The summed E-state index contributed by atoms with van der Waals surface area (Å²) in [6.45, 7) is 2.04. The lowest BCUT2D eigenvalue weighted by Crippen LogP contribution is -2.07. The molecule has 0 bridgehead atoms. The van der Waals surface area contributed by atoms with Crippen LogP contribution in [0.2, 0.25) is 0 Å². The highest BCUT2D eigenvalue weighted by Crippen LogP contribution is 2.09. The molecular formula is C15H15NO. The van der Waals surface area contributed by atoms with Crippen LogP contribution in [-0.4, -0.2) is 10.8 Å². The van der Waals surface area contributed by atoms with Crippen molar-refractivity contribution in [3.63, 3.8) is 0 Å². The number of hydrogen-bond acceptors (Lipinski definition) is 2. The van der Waals surface area contributed by atoms with Gasteiger partial charge in [-0.05, 0) is 35.7 Å². The highest BCUT2D eigenvalue weighted by atomic mass is 16.1. The Morgan fingerprint density at radius 1 is 1.06 bits per heavy atom. The second-order valence-corrected chi connectivity index (χ2v) is 4.17. The molecule has 86 valence electrons. The predicted molar refractivity (Wildman–Crippen MR) is 67.8 cm³/mol. The van der Waals surface area contributed by atoms with Crippen molar-refractivity contribution in [2.24, 2.45) is 0 Å². The molecule has 17 heavy (non-hydrogen) atoms. The minimum Gasteiger partial charge on any atom is -0.299 e. The van der Waals surface area contributed by atoms with Crippen molar-refractivity contribution < 1.29 is 4.79 Å². The zero-order valence-corrected chi connectivity index (χ0v) is 9.89. The largest absolute Gasteiger partial charge is 0.299 e. The number of pyridine rings is 1. The van der Waals surface area contributed by atoms with E-state index in [-0.39, 0.29) is 5.78 Å². The molecule has 0 aliphatic carbocycles. The molecule has 1 aromatic heterocycles. The van der Waals surface area contributed by atoms with Gasteiger partial charge in [0, 0.05) is 25.2 Å². The molecule has 2 aromatic rings. The summed E-state index contributed by atoms with van der Waals surface area (Å²) in [5.74, 6) is 0.241. The van der Waals surface area contributed by atoms with Crippen LogP contribution in [-0.2, 0) is 17.6 Å². The van der Waals surface area contributed by atoms with E-state index in [1.165, 1.54) is 5.56 Å². The number of aryl methyl sites for hydroxylation is 1. The molecular weight excluding hydrogens is 210 g/mol. The highest BCUT2D eigenvalue weighted by Gasteiger charge is 2.06. The first-order chi connectivity index (χ1) is 8.25. The van der Waals surface area contributed by atoms with Gasteiger partial charge in [0.05, 0.1) is 0 Å². The molecule has 1 aromatic carbocycles. The SMILES string of the molecule is Cc1ccccc1CC(=O)Cc1ccncc1. The first-order valence-corrected chi connectivity index (χ1v) is 5.71. The molecule has 0 saturated carbocycles. The Balaban J connectivity index is 2.01. The number of nitrogens with zero attached hydrogens (tertiary/aromatic N) is 1. The highest BCUT2D eigenvalue weighted by molar-refractivity contribution is 5.83. The molecule has 0 saturated heterocycles. The number of ketones is 1. The Morgan fingerprint density at radius 3 is 2.47 bits per heavy atom. The first kappa shape index (κ1) is 11.5. The average Bonchev–Trinajstić information content (AvgIpc) is 2.33. The quantitative estimate of drug-likeness (QED) is 0.800. The smallest absolute Gasteiger partial charge is 0.141 e. The zero-order chi connectivity index (χ0) is 12.1. The van der Waals surface area contributed by atoms with E-state index in [1.807, 2.05) is 43.3 Å². The summed E-state index contributed by atoms with van der Waals surface area (Å²) in [5, 5.41) is 0. The molecule has 0 fully saturated rings. The second-order valence-electron chi connectivity index (χ2n) is 4.17. The maximum atomic E-state index is 11.9. The predicted octanol–water partition coefficient (Wildman–Crippen LogP) is 2.74. The van der Waals surface area contributed by atoms with E-state index in [0.717, 1.165) is 11.1 Å². The van der Waals surface area contributed by atoms with Crippen molar-refractivity contribution in [1.82, 2.24) is 4.98 Å². The number of hydrogen-bond donors (Lipinski definition) is 0. The van der Waals surface area contributed by atoms with Crippen LogP contribution in [0, 0.1) is 6.92 Å².